The van der Waals surface area contributed by atoms with Crippen molar-refractivity contribution in [2.24, 2.45) is 0 Å². The molecule has 1 saturated heterocycles. The molecule has 1 atom stereocenters. The Bertz CT molecular complexity index is 1070. The molecule has 1 aliphatic heterocycles. The number of benzene rings is 1. The van der Waals surface area contributed by atoms with Gasteiger partial charge in [0.15, 0.2) is 6.04 Å². The predicted octanol–water partition coefficient (Wildman–Crippen LogP) is 2.49. The standard InChI is InChI=1S/C23H30N6O/c1-16-10-11-17-15-19(23(30)24-20(17)14-16)21(28-12-6-3-7-13-28)22-25-26-27-29(22)18-8-4-2-5-9-18/h10-11,14-15,18,21H,2-9,12-13H2,1H3,(H,24,30)/p+1/t21-/m1/s1. The highest BCUT2D eigenvalue weighted by Crippen LogP contribution is 2.30. The summed E-state index contributed by atoms with van der Waals surface area (Å²) < 4.78 is 2.05. The van der Waals surface area contributed by atoms with Gasteiger partial charge in [-0.15, -0.1) is 5.10 Å². The molecule has 2 N–H and O–H groups in total. The highest BCUT2D eigenvalue weighted by molar-refractivity contribution is 5.79. The lowest BCUT2D eigenvalue weighted by atomic mass is 9.94. The monoisotopic (exact) mass is 407 g/mol. The fourth-order valence-electron chi connectivity index (χ4n) is 5.36. The van der Waals surface area contributed by atoms with E-state index in [9.17, 15) is 4.79 Å². The van der Waals surface area contributed by atoms with E-state index < -0.39 is 0 Å². The molecule has 0 spiro atoms. The summed E-state index contributed by atoms with van der Waals surface area (Å²) in [5, 5.41) is 14.1. The average Bonchev–Trinajstić information content (AvgIpc) is 3.25. The van der Waals surface area contributed by atoms with Crippen molar-refractivity contribution in [3.8, 4) is 0 Å². The molecule has 1 aliphatic carbocycles. The molecule has 158 valence electrons. The number of nitrogens with one attached hydrogen (secondary N) is 2. The van der Waals surface area contributed by atoms with Crippen molar-refractivity contribution in [2.45, 2.75) is 70.4 Å². The Morgan fingerprint density at radius 3 is 2.63 bits per heavy atom. The number of fused-ring (bicyclic) bond motifs is 1. The van der Waals surface area contributed by atoms with E-state index in [0.29, 0.717) is 6.04 Å². The fourth-order valence-corrected chi connectivity index (χ4v) is 5.36. The Labute approximate surface area is 176 Å². The summed E-state index contributed by atoms with van der Waals surface area (Å²) in [5.41, 5.74) is 2.80. The fraction of sp³-hybridized carbons (Fsp3) is 0.565. The second-order valence-electron chi connectivity index (χ2n) is 9.07. The normalized spacial score (nSPS) is 19.9. The van der Waals surface area contributed by atoms with Gasteiger partial charge in [0.05, 0.1) is 24.7 Å². The maximum absolute atomic E-state index is 13.3. The summed E-state index contributed by atoms with van der Waals surface area (Å²) >= 11 is 0. The minimum atomic E-state index is -0.128. The number of aryl methyl sites for hydroxylation is 1. The largest absolute Gasteiger partial charge is 0.322 e. The molecule has 7 nitrogen and oxygen atoms in total. The molecule has 0 radical (unpaired) electrons. The van der Waals surface area contributed by atoms with E-state index in [2.05, 4.69) is 38.7 Å². The lowest BCUT2D eigenvalue weighted by molar-refractivity contribution is -0.931. The lowest BCUT2D eigenvalue weighted by Crippen LogP contribution is -3.13. The number of piperidine rings is 1. The Morgan fingerprint density at radius 1 is 1.07 bits per heavy atom. The van der Waals surface area contributed by atoms with Crippen molar-refractivity contribution >= 4 is 10.9 Å². The first-order valence-electron chi connectivity index (χ1n) is 11.5. The molecule has 7 heteroatoms. The van der Waals surface area contributed by atoms with Crippen LogP contribution in [0.15, 0.2) is 29.1 Å². The summed E-state index contributed by atoms with van der Waals surface area (Å²) in [4.78, 5) is 17.8. The molecule has 3 heterocycles. The van der Waals surface area contributed by atoms with Crippen LogP contribution in [0.5, 0.6) is 0 Å². The van der Waals surface area contributed by atoms with E-state index in [1.54, 1.807) is 0 Å². The Balaban J connectivity index is 1.63. The topological polar surface area (TPSA) is 80.9 Å². The smallest absolute Gasteiger partial charge is 0.258 e. The van der Waals surface area contributed by atoms with Crippen LogP contribution in [0.3, 0.4) is 0 Å². The molecule has 0 bridgehead atoms. The highest BCUT2D eigenvalue weighted by atomic mass is 16.1. The van der Waals surface area contributed by atoms with Gasteiger partial charge in [0.25, 0.3) is 5.56 Å². The highest BCUT2D eigenvalue weighted by Gasteiger charge is 2.36. The van der Waals surface area contributed by atoms with E-state index in [0.717, 1.165) is 53.8 Å². The predicted molar refractivity (Wildman–Crippen MR) is 116 cm³/mol. The van der Waals surface area contributed by atoms with Crippen LogP contribution in [-0.2, 0) is 0 Å². The number of aromatic nitrogens is 5. The van der Waals surface area contributed by atoms with Gasteiger partial charge in [-0.2, -0.15) is 0 Å². The molecule has 0 amide bonds. The van der Waals surface area contributed by atoms with Crippen LogP contribution in [0.1, 0.15) is 80.4 Å². The summed E-state index contributed by atoms with van der Waals surface area (Å²) in [6.45, 7) is 4.14. The van der Waals surface area contributed by atoms with Gasteiger partial charge in [-0.25, -0.2) is 4.68 Å². The maximum atomic E-state index is 13.3. The number of nitrogens with zero attached hydrogens (tertiary/aromatic N) is 4. The van der Waals surface area contributed by atoms with Crippen molar-refractivity contribution in [3.05, 3.63) is 51.6 Å². The molecule has 0 unspecified atom stereocenters. The zero-order chi connectivity index (χ0) is 20.5. The van der Waals surface area contributed by atoms with Crippen molar-refractivity contribution in [2.75, 3.05) is 13.1 Å². The van der Waals surface area contributed by atoms with Gasteiger partial charge in [-0.05, 0) is 72.5 Å². The summed E-state index contributed by atoms with van der Waals surface area (Å²) in [5.74, 6) is 0.857. The quantitative estimate of drug-likeness (QED) is 0.696. The number of likely N-dealkylation sites (tertiary alicyclic amines) is 1. The van der Waals surface area contributed by atoms with E-state index in [1.807, 2.05) is 17.7 Å². The van der Waals surface area contributed by atoms with Crippen LogP contribution < -0.4 is 10.5 Å². The van der Waals surface area contributed by atoms with Crippen LogP contribution >= 0.6 is 0 Å². The third kappa shape index (κ3) is 3.67. The summed E-state index contributed by atoms with van der Waals surface area (Å²) in [6.07, 6.45) is 9.60. The molecule has 2 aromatic heterocycles. The third-order valence-corrected chi connectivity index (χ3v) is 6.94. The van der Waals surface area contributed by atoms with Crippen LogP contribution in [0.4, 0.5) is 0 Å². The second kappa shape index (κ2) is 8.30. The number of pyridine rings is 1. The molecule has 2 aliphatic rings. The summed E-state index contributed by atoms with van der Waals surface area (Å²) in [7, 11) is 0. The third-order valence-electron chi connectivity index (χ3n) is 6.94. The molecular formula is C23H31N6O+. The molecule has 5 rings (SSSR count). The van der Waals surface area contributed by atoms with Gasteiger partial charge in [0.2, 0.25) is 5.82 Å². The van der Waals surface area contributed by atoms with Crippen molar-refractivity contribution in [3.63, 3.8) is 0 Å². The molecule has 1 aromatic carbocycles. The molecule has 30 heavy (non-hydrogen) atoms. The van der Waals surface area contributed by atoms with Crippen LogP contribution in [0.25, 0.3) is 10.9 Å². The SMILES string of the molecule is Cc1ccc2cc([C@H](c3nnnn3C3CCCCC3)[NH+]3CCCCC3)c(=O)[nH]c2c1. The minimum absolute atomic E-state index is 0.0191. The van der Waals surface area contributed by atoms with Crippen LogP contribution in [0.2, 0.25) is 0 Å². The minimum Gasteiger partial charge on any atom is -0.322 e. The Morgan fingerprint density at radius 2 is 1.83 bits per heavy atom. The number of rotatable bonds is 4. The first kappa shape index (κ1) is 19.4. The van der Waals surface area contributed by atoms with Crippen molar-refractivity contribution in [1.82, 2.24) is 25.2 Å². The number of aromatic amines is 1. The zero-order valence-electron chi connectivity index (χ0n) is 17.7. The lowest BCUT2D eigenvalue weighted by Gasteiger charge is -2.32. The molecule has 1 saturated carbocycles. The van der Waals surface area contributed by atoms with Gasteiger partial charge in [-0.1, -0.05) is 31.4 Å². The van der Waals surface area contributed by atoms with Crippen LogP contribution in [0, 0.1) is 6.92 Å². The number of H-pyrrole nitrogens is 1. The van der Waals surface area contributed by atoms with Gasteiger partial charge < -0.3 is 9.88 Å². The number of quaternary nitrogens is 1. The first-order valence-corrected chi connectivity index (χ1v) is 11.5. The number of hydrogen-bond donors (Lipinski definition) is 2. The van der Waals surface area contributed by atoms with Gasteiger partial charge in [-0.3, -0.25) is 4.79 Å². The Kier molecular flexibility index (Phi) is 5.37. The number of hydrogen-bond acceptors (Lipinski definition) is 4. The molecule has 3 aromatic rings. The molecular weight excluding hydrogens is 376 g/mol. The second-order valence-corrected chi connectivity index (χ2v) is 9.07. The zero-order valence-corrected chi connectivity index (χ0v) is 17.7. The van der Waals surface area contributed by atoms with E-state index in [1.165, 1.54) is 43.4 Å². The van der Waals surface area contributed by atoms with E-state index >= 15 is 0 Å². The van der Waals surface area contributed by atoms with Crippen molar-refractivity contribution < 1.29 is 4.90 Å². The van der Waals surface area contributed by atoms with Crippen LogP contribution in [-0.4, -0.2) is 38.3 Å². The number of tetrazole rings is 1. The van der Waals surface area contributed by atoms with Gasteiger partial charge >= 0.3 is 0 Å². The van der Waals surface area contributed by atoms with E-state index in [4.69, 9.17) is 0 Å². The maximum Gasteiger partial charge on any atom is 0.258 e. The Hall–Kier alpha value is -2.54. The molecule has 2 fully saturated rings. The average molecular weight is 408 g/mol. The van der Waals surface area contributed by atoms with Gasteiger partial charge in [0.1, 0.15) is 0 Å². The first-order chi connectivity index (χ1) is 14.7. The summed E-state index contributed by atoms with van der Waals surface area (Å²) in [6, 6.07) is 8.51. The van der Waals surface area contributed by atoms with Gasteiger partial charge in [0, 0.05) is 5.52 Å². The van der Waals surface area contributed by atoms with E-state index in [-0.39, 0.29) is 11.6 Å². The van der Waals surface area contributed by atoms with Crippen molar-refractivity contribution in [1.29, 1.82) is 0 Å².